The fourth-order valence-electron chi connectivity index (χ4n) is 1.43. The summed E-state index contributed by atoms with van der Waals surface area (Å²) in [5, 5.41) is 0. The molecule has 0 aliphatic heterocycles. The van der Waals surface area contributed by atoms with E-state index in [0.29, 0.717) is 5.88 Å². The van der Waals surface area contributed by atoms with Crippen LogP contribution < -0.4 is 0 Å². The number of imidazole rings is 1. The van der Waals surface area contributed by atoms with Crippen LogP contribution >= 0.6 is 27.5 Å². The number of nitrogens with zero attached hydrogens (tertiary/aromatic N) is 2. The zero-order valence-electron chi connectivity index (χ0n) is 8.13. The van der Waals surface area contributed by atoms with Crippen LogP contribution in [0.2, 0.25) is 0 Å². The zero-order valence-corrected chi connectivity index (χ0v) is 10.5. The lowest BCUT2D eigenvalue weighted by Gasteiger charge is -1.92. The molecular formula is C10H11BrClN3. The van der Waals surface area contributed by atoms with Crippen LogP contribution in [-0.2, 0) is 6.42 Å². The molecule has 0 spiro atoms. The highest BCUT2D eigenvalue weighted by molar-refractivity contribution is 9.10. The Balaban J connectivity index is 2.16. The molecule has 15 heavy (non-hydrogen) atoms. The first-order chi connectivity index (χ1) is 7.29. The van der Waals surface area contributed by atoms with Crippen molar-refractivity contribution < 1.29 is 0 Å². The number of hydrogen-bond acceptors (Lipinski definition) is 2. The Morgan fingerprint density at radius 2 is 2.27 bits per heavy atom. The second-order valence-electron chi connectivity index (χ2n) is 3.35. The molecule has 0 unspecified atom stereocenters. The highest BCUT2D eigenvalue weighted by Crippen LogP contribution is 2.15. The number of unbranched alkanes of at least 4 members (excludes halogenated alkanes) is 1. The average Bonchev–Trinajstić information content (AvgIpc) is 2.60. The van der Waals surface area contributed by atoms with Gasteiger partial charge in [0.2, 0.25) is 0 Å². The summed E-state index contributed by atoms with van der Waals surface area (Å²) in [6.45, 7) is 0. The predicted molar refractivity (Wildman–Crippen MR) is 65.2 cm³/mol. The summed E-state index contributed by atoms with van der Waals surface area (Å²) in [6, 6.07) is 1.99. The Bertz CT molecular complexity index is 455. The Labute approximate surface area is 101 Å². The number of fused-ring (bicyclic) bond motifs is 1. The lowest BCUT2D eigenvalue weighted by Crippen LogP contribution is -1.88. The van der Waals surface area contributed by atoms with Crippen LogP contribution in [0.15, 0.2) is 16.7 Å². The molecule has 2 heterocycles. The highest BCUT2D eigenvalue weighted by atomic mass is 79.9. The monoisotopic (exact) mass is 287 g/mol. The number of alkyl halides is 1. The molecule has 80 valence electrons. The number of aromatic amines is 1. The lowest BCUT2D eigenvalue weighted by atomic mass is 10.2. The minimum atomic E-state index is 0.712. The van der Waals surface area contributed by atoms with Gasteiger partial charge in [-0.1, -0.05) is 0 Å². The van der Waals surface area contributed by atoms with Crippen LogP contribution in [-0.4, -0.2) is 20.8 Å². The topological polar surface area (TPSA) is 41.6 Å². The number of H-pyrrole nitrogens is 1. The van der Waals surface area contributed by atoms with Crippen molar-refractivity contribution in [3.8, 4) is 0 Å². The zero-order chi connectivity index (χ0) is 10.7. The van der Waals surface area contributed by atoms with E-state index in [9.17, 15) is 0 Å². The first-order valence-electron chi connectivity index (χ1n) is 4.85. The normalized spacial score (nSPS) is 11.1. The van der Waals surface area contributed by atoms with Crippen LogP contribution in [0.4, 0.5) is 0 Å². The smallest absolute Gasteiger partial charge is 0.177 e. The van der Waals surface area contributed by atoms with Gasteiger partial charge in [-0.25, -0.2) is 9.97 Å². The molecule has 5 heteroatoms. The number of hydrogen-bond donors (Lipinski definition) is 1. The van der Waals surface area contributed by atoms with Gasteiger partial charge in [0.1, 0.15) is 5.82 Å². The maximum atomic E-state index is 5.62. The molecule has 0 aliphatic carbocycles. The molecule has 2 aromatic rings. The van der Waals surface area contributed by atoms with E-state index in [2.05, 4.69) is 30.9 Å². The predicted octanol–water partition coefficient (Wildman–Crippen LogP) is 3.28. The van der Waals surface area contributed by atoms with Crippen molar-refractivity contribution in [2.24, 2.45) is 0 Å². The average molecular weight is 289 g/mol. The molecule has 0 saturated heterocycles. The molecule has 0 radical (unpaired) electrons. The van der Waals surface area contributed by atoms with E-state index in [-0.39, 0.29) is 0 Å². The molecule has 0 amide bonds. The second kappa shape index (κ2) is 4.94. The van der Waals surface area contributed by atoms with E-state index >= 15 is 0 Å². The van der Waals surface area contributed by atoms with Crippen LogP contribution in [0.1, 0.15) is 18.7 Å². The molecule has 0 aromatic carbocycles. The first kappa shape index (κ1) is 10.9. The van der Waals surface area contributed by atoms with Gasteiger partial charge in [0.05, 0.1) is 5.52 Å². The molecule has 0 atom stereocenters. The number of nitrogens with one attached hydrogen (secondary N) is 1. The standard InChI is InChI=1S/C10H11BrClN3/c11-7-5-8-10(13-6-7)15-9(14-8)3-1-2-4-12/h5-6H,1-4H2,(H,13,14,15). The molecule has 3 nitrogen and oxygen atoms in total. The molecule has 2 aromatic heterocycles. The maximum absolute atomic E-state index is 5.62. The van der Waals surface area contributed by atoms with Crippen LogP contribution in [0.3, 0.4) is 0 Å². The molecular weight excluding hydrogens is 277 g/mol. The Morgan fingerprint density at radius 3 is 3.07 bits per heavy atom. The van der Waals surface area contributed by atoms with E-state index in [1.807, 2.05) is 6.07 Å². The number of halogens is 2. The Hall–Kier alpha value is -0.610. The number of rotatable bonds is 4. The van der Waals surface area contributed by atoms with Crippen molar-refractivity contribution in [3.63, 3.8) is 0 Å². The van der Waals surface area contributed by atoms with Crippen LogP contribution in [0.5, 0.6) is 0 Å². The third kappa shape index (κ3) is 2.69. The van der Waals surface area contributed by atoms with Gasteiger partial charge in [-0.2, -0.15) is 0 Å². The fourth-order valence-corrected chi connectivity index (χ4v) is 1.95. The van der Waals surface area contributed by atoms with Crippen LogP contribution in [0, 0.1) is 0 Å². The van der Waals surface area contributed by atoms with Crippen molar-refractivity contribution in [1.29, 1.82) is 0 Å². The van der Waals surface area contributed by atoms with Gasteiger partial charge < -0.3 is 4.98 Å². The van der Waals surface area contributed by atoms with E-state index in [1.54, 1.807) is 6.20 Å². The Morgan fingerprint density at radius 1 is 1.40 bits per heavy atom. The van der Waals surface area contributed by atoms with Gasteiger partial charge in [0.25, 0.3) is 0 Å². The molecule has 0 aliphatic rings. The molecule has 2 rings (SSSR count). The minimum Gasteiger partial charge on any atom is -0.341 e. The van der Waals surface area contributed by atoms with E-state index < -0.39 is 0 Å². The maximum Gasteiger partial charge on any atom is 0.177 e. The first-order valence-corrected chi connectivity index (χ1v) is 6.18. The quantitative estimate of drug-likeness (QED) is 0.693. The summed E-state index contributed by atoms with van der Waals surface area (Å²) in [5.74, 6) is 1.70. The third-order valence-corrected chi connectivity index (χ3v) is 2.85. The highest BCUT2D eigenvalue weighted by Gasteiger charge is 2.03. The summed E-state index contributed by atoms with van der Waals surface area (Å²) in [4.78, 5) is 11.9. The molecule has 0 bridgehead atoms. The van der Waals surface area contributed by atoms with Gasteiger partial charge in [-0.05, 0) is 34.8 Å². The molecule has 0 saturated carbocycles. The SMILES string of the molecule is ClCCCCc1nc2ncc(Br)cc2[nH]1. The third-order valence-electron chi connectivity index (χ3n) is 2.15. The minimum absolute atomic E-state index is 0.712. The van der Waals surface area contributed by atoms with E-state index in [4.69, 9.17) is 11.6 Å². The van der Waals surface area contributed by atoms with Crippen molar-refractivity contribution in [2.45, 2.75) is 19.3 Å². The van der Waals surface area contributed by atoms with Gasteiger partial charge in [-0.15, -0.1) is 11.6 Å². The van der Waals surface area contributed by atoms with E-state index in [0.717, 1.165) is 40.7 Å². The number of pyridine rings is 1. The van der Waals surface area contributed by atoms with E-state index in [1.165, 1.54) is 0 Å². The summed E-state index contributed by atoms with van der Waals surface area (Å²) >= 11 is 9.00. The summed E-state index contributed by atoms with van der Waals surface area (Å²) < 4.78 is 0.964. The van der Waals surface area contributed by atoms with Gasteiger partial charge >= 0.3 is 0 Å². The lowest BCUT2D eigenvalue weighted by molar-refractivity contribution is 0.768. The number of aromatic nitrogens is 3. The number of aryl methyl sites for hydroxylation is 1. The van der Waals surface area contributed by atoms with Crippen molar-refractivity contribution in [2.75, 3.05) is 5.88 Å². The molecule has 0 fully saturated rings. The van der Waals surface area contributed by atoms with Crippen molar-refractivity contribution in [1.82, 2.24) is 15.0 Å². The van der Waals surface area contributed by atoms with Crippen LogP contribution in [0.25, 0.3) is 11.2 Å². The molecule has 1 N–H and O–H groups in total. The summed E-state index contributed by atoms with van der Waals surface area (Å²) in [6.07, 6.45) is 4.77. The van der Waals surface area contributed by atoms with Gasteiger partial charge in [-0.3, -0.25) is 0 Å². The van der Waals surface area contributed by atoms with Gasteiger partial charge in [0.15, 0.2) is 5.65 Å². The van der Waals surface area contributed by atoms with Crippen molar-refractivity contribution in [3.05, 3.63) is 22.6 Å². The summed E-state index contributed by atoms with van der Waals surface area (Å²) in [7, 11) is 0. The largest absolute Gasteiger partial charge is 0.341 e. The van der Waals surface area contributed by atoms with Crippen molar-refractivity contribution >= 4 is 38.7 Å². The second-order valence-corrected chi connectivity index (χ2v) is 4.65. The van der Waals surface area contributed by atoms with Gasteiger partial charge in [0, 0.05) is 23.0 Å². The summed E-state index contributed by atoms with van der Waals surface area (Å²) in [5.41, 5.74) is 1.75. The fraction of sp³-hybridized carbons (Fsp3) is 0.400. The Kier molecular flexibility index (Phi) is 3.59.